The number of nitrogens with zero attached hydrogens (tertiary/aromatic N) is 3. The van der Waals surface area contributed by atoms with E-state index in [9.17, 15) is 4.79 Å². The summed E-state index contributed by atoms with van der Waals surface area (Å²) in [5.41, 5.74) is 6.97. The summed E-state index contributed by atoms with van der Waals surface area (Å²) >= 11 is 0. The minimum absolute atomic E-state index is 0.468. The Hall–Kier alpha value is -1.91. The minimum atomic E-state index is 0.468. The lowest BCUT2D eigenvalue weighted by Gasteiger charge is -1.93. The van der Waals surface area contributed by atoms with Crippen LogP contribution in [0.25, 0.3) is 5.65 Å². The van der Waals surface area contributed by atoms with Crippen molar-refractivity contribution in [3.05, 3.63) is 24.2 Å². The van der Waals surface area contributed by atoms with E-state index in [1.165, 1.54) is 16.9 Å². The van der Waals surface area contributed by atoms with Gasteiger partial charge in [0.2, 0.25) is 0 Å². The topological polar surface area (TPSA) is 73.3 Å². The lowest BCUT2D eigenvalue weighted by molar-refractivity contribution is 0.112. The van der Waals surface area contributed by atoms with E-state index in [-0.39, 0.29) is 0 Å². The van der Waals surface area contributed by atoms with Gasteiger partial charge in [-0.1, -0.05) is 0 Å². The smallest absolute Gasteiger partial charge is 0.165 e. The number of carbonyl (C=O) groups excluding carboxylic acids is 1. The van der Waals surface area contributed by atoms with Crippen LogP contribution in [0.2, 0.25) is 0 Å². The second kappa shape index (κ2) is 2.30. The van der Waals surface area contributed by atoms with Gasteiger partial charge in [0, 0.05) is 0 Å². The molecule has 60 valence electrons. The van der Waals surface area contributed by atoms with Gasteiger partial charge in [-0.25, -0.2) is 9.50 Å². The molecule has 0 unspecified atom stereocenters. The molecule has 0 fully saturated rings. The molecule has 0 saturated heterocycles. The normalized spacial score (nSPS) is 10.3. The maximum absolute atomic E-state index is 10.4. The molecular weight excluding hydrogens is 156 g/mol. The molecular formula is C7H6N4O. The average molecular weight is 162 g/mol. The third-order valence-corrected chi connectivity index (χ3v) is 1.53. The van der Waals surface area contributed by atoms with Crippen LogP contribution < -0.4 is 5.73 Å². The van der Waals surface area contributed by atoms with Crippen LogP contribution in [-0.2, 0) is 0 Å². The van der Waals surface area contributed by atoms with Gasteiger partial charge in [-0.05, 0) is 0 Å². The summed E-state index contributed by atoms with van der Waals surface area (Å²) < 4.78 is 1.47. The zero-order chi connectivity index (χ0) is 8.55. The number of nitrogens with two attached hydrogens (primary N) is 1. The molecule has 0 aliphatic carbocycles. The van der Waals surface area contributed by atoms with Crippen molar-refractivity contribution in [1.29, 1.82) is 0 Å². The summed E-state index contributed by atoms with van der Waals surface area (Å²) in [7, 11) is 0. The first-order valence-electron chi connectivity index (χ1n) is 3.35. The highest BCUT2D eigenvalue weighted by atomic mass is 16.1. The van der Waals surface area contributed by atoms with Crippen molar-refractivity contribution in [3.63, 3.8) is 0 Å². The number of fused-ring (bicyclic) bond motifs is 1. The Kier molecular flexibility index (Phi) is 1.30. The Morgan fingerprint density at radius 2 is 2.33 bits per heavy atom. The predicted molar refractivity (Wildman–Crippen MR) is 42.8 cm³/mol. The number of hydrogen-bond acceptors (Lipinski definition) is 4. The SMILES string of the molecule is Nc1cnc2c(C=O)cnn2c1. The van der Waals surface area contributed by atoms with Gasteiger partial charge in [-0.2, -0.15) is 5.10 Å². The van der Waals surface area contributed by atoms with Crippen molar-refractivity contribution in [3.8, 4) is 0 Å². The monoisotopic (exact) mass is 162 g/mol. The molecule has 0 amide bonds. The molecule has 2 aromatic rings. The molecule has 0 spiro atoms. The molecule has 5 heteroatoms. The van der Waals surface area contributed by atoms with E-state index >= 15 is 0 Å². The minimum Gasteiger partial charge on any atom is -0.396 e. The summed E-state index contributed by atoms with van der Waals surface area (Å²) in [5.74, 6) is 0. The average Bonchev–Trinajstić information content (AvgIpc) is 2.46. The van der Waals surface area contributed by atoms with E-state index in [1.807, 2.05) is 0 Å². The maximum atomic E-state index is 10.4. The number of anilines is 1. The highest BCUT2D eigenvalue weighted by Gasteiger charge is 2.02. The molecule has 2 aromatic heterocycles. The van der Waals surface area contributed by atoms with E-state index in [0.29, 0.717) is 23.2 Å². The standard InChI is InChI=1S/C7H6N4O/c8-6-2-9-7-5(4-12)1-10-11(7)3-6/h1-4H,8H2. The summed E-state index contributed by atoms with van der Waals surface area (Å²) in [6.45, 7) is 0. The van der Waals surface area contributed by atoms with Crippen molar-refractivity contribution in [2.75, 3.05) is 5.73 Å². The first kappa shape index (κ1) is 6.78. The number of aldehydes is 1. The predicted octanol–water partition coefficient (Wildman–Crippen LogP) is 0.124. The summed E-state index contributed by atoms with van der Waals surface area (Å²) in [6, 6.07) is 0. The van der Waals surface area contributed by atoms with Crippen molar-refractivity contribution in [1.82, 2.24) is 14.6 Å². The fraction of sp³-hybridized carbons (Fsp3) is 0. The van der Waals surface area contributed by atoms with E-state index < -0.39 is 0 Å². The molecule has 0 atom stereocenters. The van der Waals surface area contributed by atoms with Crippen molar-refractivity contribution < 1.29 is 4.79 Å². The second-order valence-electron chi connectivity index (χ2n) is 2.37. The Morgan fingerprint density at radius 3 is 3.08 bits per heavy atom. The van der Waals surface area contributed by atoms with Gasteiger partial charge in [-0.3, -0.25) is 4.79 Å². The third kappa shape index (κ3) is 0.833. The number of carbonyl (C=O) groups is 1. The van der Waals surface area contributed by atoms with E-state index in [1.54, 1.807) is 6.20 Å². The van der Waals surface area contributed by atoms with Crippen molar-refractivity contribution >= 4 is 17.6 Å². The Morgan fingerprint density at radius 1 is 1.50 bits per heavy atom. The molecule has 2 rings (SSSR count). The summed E-state index contributed by atoms with van der Waals surface area (Å²) in [4.78, 5) is 14.4. The van der Waals surface area contributed by atoms with Crippen LogP contribution in [0.1, 0.15) is 10.4 Å². The van der Waals surface area contributed by atoms with Crippen molar-refractivity contribution in [2.45, 2.75) is 0 Å². The highest BCUT2D eigenvalue weighted by Crippen LogP contribution is 2.06. The van der Waals surface area contributed by atoms with Crippen LogP contribution in [0.4, 0.5) is 5.69 Å². The van der Waals surface area contributed by atoms with Gasteiger partial charge in [0.25, 0.3) is 0 Å². The fourth-order valence-electron chi connectivity index (χ4n) is 0.991. The van der Waals surface area contributed by atoms with E-state index in [4.69, 9.17) is 5.73 Å². The van der Waals surface area contributed by atoms with E-state index in [2.05, 4.69) is 10.1 Å². The molecule has 5 nitrogen and oxygen atoms in total. The molecule has 0 radical (unpaired) electrons. The lowest BCUT2D eigenvalue weighted by Crippen LogP contribution is -1.94. The molecule has 0 aliphatic rings. The van der Waals surface area contributed by atoms with E-state index in [0.717, 1.165) is 0 Å². The van der Waals surface area contributed by atoms with Crippen LogP contribution >= 0.6 is 0 Å². The largest absolute Gasteiger partial charge is 0.396 e. The third-order valence-electron chi connectivity index (χ3n) is 1.53. The van der Waals surface area contributed by atoms with Crippen LogP contribution in [0.15, 0.2) is 18.6 Å². The first-order valence-corrected chi connectivity index (χ1v) is 3.35. The van der Waals surface area contributed by atoms with Gasteiger partial charge < -0.3 is 5.73 Å². The van der Waals surface area contributed by atoms with Gasteiger partial charge in [0.15, 0.2) is 11.9 Å². The summed E-state index contributed by atoms with van der Waals surface area (Å²) in [5, 5.41) is 3.89. The van der Waals surface area contributed by atoms with Crippen molar-refractivity contribution in [2.24, 2.45) is 0 Å². The number of hydrogen-bond donors (Lipinski definition) is 1. The molecule has 0 aromatic carbocycles. The maximum Gasteiger partial charge on any atom is 0.165 e. The number of rotatable bonds is 1. The lowest BCUT2D eigenvalue weighted by atomic mass is 10.4. The van der Waals surface area contributed by atoms with Gasteiger partial charge in [-0.15, -0.1) is 0 Å². The second-order valence-corrected chi connectivity index (χ2v) is 2.37. The van der Waals surface area contributed by atoms with Gasteiger partial charge in [0.05, 0.1) is 29.8 Å². The molecule has 0 saturated carbocycles. The molecule has 2 heterocycles. The van der Waals surface area contributed by atoms with Crippen LogP contribution in [0.3, 0.4) is 0 Å². The van der Waals surface area contributed by atoms with Crippen LogP contribution in [0, 0.1) is 0 Å². The highest BCUT2D eigenvalue weighted by molar-refractivity contribution is 5.83. The summed E-state index contributed by atoms with van der Waals surface area (Å²) in [6.07, 6.45) is 5.26. The van der Waals surface area contributed by atoms with Gasteiger partial charge in [0.1, 0.15) is 0 Å². The Bertz CT molecular complexity index is 434. The van der Waals surface area contributed by atoms with Gasteiger partial charge >= 0.3 is 0 Å². The molecule has 0 bridgehead atoms. The molecule has 0 aliphatic heterocycles. The molecule has 2 N–H and O–H groups in total. The number of aromatic nitrogens is 3. The quantitative estimate of drug-likeness (QED) is 0.604. The molecule has 12 heavy (non-hydrogen) atoms. The first-order chi connectivity index (χ1) is 5.81. The zero-order valence-electron chi connectivity index (χ0n) is 6.14. The fourth-order valence-corrected chi connectivity index (χ4v) is 0.991. The number of nitrogen functional groups attached to an aromatic ring is 1. The Balaban J connectivity index is 2.81. The van der Waals surface area contributed by atoms with Crippen LogP contribution in [0.5, 0.6) is 0 Å². The Labute approximate surface area is 67.8 Å². The van der Waals surface area contributed by atoms with Crippen LogP contribution in [-0.4, -0.2) is 20.9 Å². The zero-order valence-corrected chi connectivity index (χ0v) is 6.14.